The smallest absolute Gasteiger partial charge is 0.350 e. The van der Waals surface area contributed by atoms with Crippen molar-refractivity contribution >= 4 is 29.4 Å². The normalized spacial score (nSPS) is 17.3. The van der Waals surface area contributed by atoms with E-state index in [1.807, 2.05) is 0 Å². The molecule has 1 aromatic rings. The highest BCUT2D eigenvalue weighted by molar-refractivity contribution is 6.10. The van der Waals surface area contributed by atoms with Crippen LogP contribution >= 0.6 is 0 Å². The van der Waals surface area contributed by atoms with Gasteiger partial charge in [0.15, 0.2) is 0 Å². The van der Waals surface area contributed by atoms with Gasteiger partial charge < -0.3 is 20.9 Å². The van der Waals surface area contributed by atoms with E-state index < -0.39 is 59.4 Å². The van der Waals surface area contributed by atoms with Crippen LogP contribution in [-0.2, 0) is 30.4 Å². The number of carbonyl (C=O) groups is 5. The molecule has 3 N–H and O–H groups in total. The van der Waals surface area contributed by atoms with Crippen molar-refractivity contribution in [1.82, 2.24) is 20.9 Å². The maximum atomic E-state index is 14.8. The number of halogens is 2. The van der Waals surface area contributed by atoms with Crippen LogP contribution in [0.5, 0.6) is 0 Å². The van der Waals surface area contributed by atoms with Crippen molar-refractivity contribution in [2.75, 3.05) is 13.1 Å². The second-order valence-electron chi connectivity index (χ2n) is 9.27. The standard InChI is InChI=1S/C25H34F2N4O5/c1-15(2)20(21(33)25(26,27)24(36)28-13-12-18-9-6-5-7-10-18)30-22(34)19-11-8-14-31(19)23(35)16(3)29-17(4)32/h5-7,9-10,15-16,19-20H,8,11-14H2,1-4H3,(H,28,36)(H,29,32)(H,30,34). The molecular formula is C25H34F2N4O5. The third kappa shape index (κ3) is 7.32. The van der Waals surface area contributed by atoms with Gasteiger partial charge in [-0.25, -0.2) is 0 Å². The third-order valence-corrected chi connectivity index (χ3v) is 6.01. The lowest BCUT2D eigenvalue weighted by atomic mass is 9.94. The lowest BCUT2D eigenvalue weighted by Crippen LogP contribution is -2.59. The number of amides is 4. The number of carbonyl (C=O) groups excluding carboxylic acids is 5. The summed E-state index contributed by atoms with van der Waals surface area (Å²) in [5.41, 5.74) is 0.836. The lowest BCUT2D eigenvalue weighted by molar-refractivity contribution is -0.161. The molecule has 1 aliphatic heterocycles. The first kappa shape index (κ1) is 28.9. The summed E-state index contributed by atoms with van der Waals surface area (Å²) >= 11 is 0. The maximum absolute atomic E-state index is 14.8. The number of hydrogen-bond acceptors (Lipinski definition) is 5. The van der Waals surface area contributed by atoms with Gasteiger partial charge in [-0.2, -0.15) is 8.78 Å². The second-order valence-corrected chi connectivity index (χ2v) is 9.27. The molecule has 0 radical (unpaired) electrons. The summed E-state index contributed by atoms with van der Waals surface area (Å²) in [7, 11) is 0. The zero-order valence-electron chi connectivity index (χ0n) is 21.0. The monoisotopic (exact) mass is 508 g/mol. The Hall–Kier alpha value is -3.37. The largest absolute Gasteiger partial charge is 0.383 e. The number of Topliss-reactive ketones (excluding diaryl/α,β-unsaturated/α-hetero) is 1. The highest BCUT2D eigenvalue weighted by Gasteiger charge is 2.51. The fourth-order valence-corrected chi connectivity index (χ4v) is 4.09. The first-order valence-corrected chi connectivity index (χ1v) is 12.0. The van der Waals surface area contributed by atoms with Gasteiger partial charge in [-0.3, -0.25) is 24.0 Å². The topological polar surface area (TPSA) is 125 Å². The molecule has 36 heavy (non-hydrogen) atoms. The van der Waals surface area contributed by atoms with Crippen molar-refractivity contribution in [2.24, 2.45) is 5.92 Å². The average molecular weight is 509 g/mol. The molecule has 1 saturated heterocycles. The molecule has 0 saturated carbocycles. The van der Waals surface area contributed by atoms with Gasteiger partial charge in [0.25, 0.3) is 5.91 Å². The Balaban J connectivity index is 2.05. The number of ketones is 1. The minimum atomic E-state index is -4.36. The minimum Gasteiger partial charge on any atom is -0.350 e. The number of hydrogen-bond donors (Lipinski definition) is 3. The summed E-state index contributed by atoms with van der Waals surface area (Å²) in [6, 6.07) is 5.45. The van der Waals surface area contributed by atoms with Gasteiger partial charge in [-0.15, -0.1) is 0 Å². The van der Waals surface area contributed by atoms with Crippen molar-refractivity contribution in [1.29, 1.82) is 0 Å². The van der Waals surface area contributed by atoms with Gasteiger partial charge >= 0.3 is 5.92 Å². The van der Waals surface area contributed by atoms with Gasteiger partial charge in [0.05, 0.1) is 6.04 Å². The number of rotatable bonds is 11. The van der Waals surface area contributed by atoms with Gasteiger partial charge in [-0.05, 0) is 37.7 Å². The van der Waals surface area contributed by atoms with E-state index in [0.717, 1.165) is 5.56 Å². The van der Waals surface area contributed by atoms with Crippen LogP contribution in [0, 0.1) is 5.92 Å². The van der Waals surface area contributed by atoms with E-state index in [-0.39, 0.29) is 19.5 Å². The van der Waals surface area contributed by atoms with Crippen LogP contribution in [0.2, 0.25) is 0 Å². The fraction of sp³-hybridized carbons (Fsp3) is 0.560. The van der Waals surface area contributed by atoms with Crippen LogP contribution in [0.25, 0.3) is 0 Å². The van der Waals surface area contributed by atoms with E-state index in [1.165, 1.54) is 32.6 Å². The predicted octanol–water partition coefficient (Wildman–Crippen LogP) is 1.21. The molecule has 2 rings (SSSR count). The molecule has 0 bridgehead atoms. The summed E-state index contributed by atoms with van der Waals surface area (Å²) in [5.74, 6) is -10.2. The Morgan fingerprint density at radius 1 is 1.06 bits per heavy atom. The summed E-state index contributed by atoms with van der Waals surface area (Å²) in [4.78, 5) is 63.1. The van der Waals surface area contributed by atoms with Crippen LogP contribution in [0.3, 0.4) is 0 Å². The van der Waals surface area contributed by atoms with E-state index in [1.54, 1.807) is 30.3 Å². The van der Waals surface area contributed by atoms with Crippen LogP contribution < -0.4 is 16.0 Å². The van der Waals surface area contributed by atoms with E-state index in [9.17, 15) is 32.8 Å². The summed E-state index contributed by atoms with van der Waals surface area (Å²) in [6.07, 6.45) is 1.08. The Kier molecular flexibility index (Phi) is 10.1. The number of nitrogens with one attached hydrogen (secondary N) is 3. The zero-order chi connectivity index (χ0) is 27.0. The molecule has 3 atom stereocenters. The van der Waals surface area contributed by atoms with Crippen molar-refractivity contribution in [3.05, 3.63) is 35.9 Å². The Morgan fingerprint density at radius 2 is 1.69 bits per heavy atom. The molecule has 1 fully saturated rings. The van der Waals surface area contributed by atoms with E-state index in [0.29, 0.717) is 12.8 Å². The first-order chi connectivity index (χ1) is 16.9. The van der Waals surface area contributed by atoms with Crippen molar-refractivity contribution in [3.63, 3.8) is 0 Å². The molecule has 4 amide bonds. The molecule has 1 heterocycles. The number of likely N-dealkylation sites (tertiary alicyclic amines) is 1. The quantitative estimate of drug-likeness (QED) is 0.388. The SMILES string of the molecule is CC(=O)NC(C)C(=O)N1CCCC1C(=O)NC(C(=O)C(F)(F)C(=O)NCCc1ccccc1)C(C)C. The molecule has 9 nitrogen and oxygen atoms in total. The maximum Gasteiger partial charge on any atom is 0.383 e. The van der Waals surface area contributed by atoms with Crippen molar-refractivity contribution in [3.8, 4) is 0 Å². The lowest BCUT2D eigenvalue weighted by Gasteiger charge is -2.30. The second kappa shape index (κ2) is 12.5. The van der Waals surface area contributed by atoms with Gasteiger partial charge in [0, 0.05) is 20.0 Å². The number of alkyl halides is 2. The predicted molar refractivity (Wildman–Crippen MR) is 128 cm³/mol. The highest BCUT2D eigenvalue weighted by atomic mass is 19.3. The van der Waals surface area contributed by atoms with E-state index >= 15 is 0 Å². The number of nitrogens with zero attached hydrogens (tertiary/aromatic N) is 1. The molecule has 1 aliphatic rings. The molecule has 198 valence electrons. The van der Waals surface area contributed by atoms with Gasteiger partial charge in [0.1, 0.15) is 12.1 Å². The summed E-state index contributed by atoms with van der Waals surface area (Å²) in [5, 5.41) is 6.89. The zero-order valence-corrected chi connectivity index (χ0v) is 21.0. The van der Waals surface area contributed by atoms with Gasteiger partial charge in [-0.1, -0.05) is 44.2 Å². The molecule has 3 unspecified atom stereocenters. The Bertz CT molecular complexity index is 970. The van der Waals surface area contributed by atoms with Crippen molar-refractivity contribution in [2.45, 2.75) is 71.0 Å². The highest BCUT2D eigenvalue weighted by Crippen LogP contribution is 2.23. The van der Waals surface area contributed by atoms with Crippen LogP contribution in [-0.4, -0.2) is 71.4 Å². The Labute approximate surface area is 209 Å². The minimum absolute atomic E-state index is 0.0873. The molecule has 11 heteroatoms. The van der Waals surface area contributed by atoms with E-state index in [2.05, 4.69) is 16.0 Å². The Morgan fingerprint density at radius 3 is 2.28 bits per heavy atom. The molecule has 0 aromatic heterocycles. The van der Waals surface area contributed by atoms with Crippen molar-refractivity contribution < 1.29 is 32.8 Å². The fourth-order valence-electron chi connectivity index (χ4n) is 4.09. The van der Waals surface area contributed by atoms with Gasteiger partial charge in [0.2, 0.25) is 23.5 Å². The third-order valence-electron chi connectivity index (χ3n) is 6.01. The summed E-state index contributed by atoms with van der Waals surface area (Å²) in [6.45, 7) is 5.85. The summed E-state index contributed by atoms with van der Waals surface area (Å²) < 4.78 is 29.6. The first-order valence-electron chi connectivity index (χ1n) is 12.0. The molecule has 0 spiro atoms. The van der Waals surface area contributed by atoms with Crippen LogP contribution in [0.15, 0.2) is 30.3 Å². The average Bonchev–Trinajstić information content (AvgIpc) is 3.31. The number of benzene rings is 1. The molecule has 1 aromatic carbocycles. The van der Waals surface area contributed by atoms with Crippen LogP contribution in [0.4, 0.5) is 8.78 Å². The molecular weight excluding hydrogens is 474 g/mol. The van der Waals surface area contributed by atoms with Crippen LogP contribution in [0.1, 0.15) is 46.1 Å². The van der Waals surface area contributed by atoms with E-state index in [4.69, 9.17) is 0 Å². The molecule has 0 aliphatic carbocycles.